The van der Waals surface area contributed by atoms with Gasteiger partial charge in [0.05, 0.1) is 11.4 Å². The van der Waals surface area contributed by atoms with Crippen molar-refractivity contribution >= 4 is 5.78 Å². The molecular weight excluding hydrogens is 321 g/mol. The van der Waals surface area contributed by atoms with E-state index in [1.54, 1.807) is 42.5 Å². The Hall–Kier alpha value is -3.05. The summed E-state index contributed by atoms with van der Waals surface area (Å²) in [5.74, 6) is 0.475. The second-order valence-electron chi connectivity index (χ2n) is 5.54. The number of Topliss-reactive ketones (excluding diaryl/α,β-unsaturated/α-hetero) is 1. The Morgan fingerprint density at radius 3 is 2.20 bits per heavy atom. The lowest BCUT2D eigenvalue weighted by atomic mass is 10.1. The third kappa shape index (κ3) is 4.08. The molecule has 0 saturated carbocycles. The minimum absolute atomic E-state index is 0.316. The quantitative estimate of drug-likeness (QED) is 0.754. The van der Waals surface area contributed by atoms with E-state index in [1.165, 1.54) is 19.1 Å². The molecule has 0 unspecified atom stereocenters. The summed E-state index contributed by atoms with van der Waals surface area (Å²) in [4.78, 5) is 15.6. The Kier molecular flexibility index (Phi) is 4.86. The van der Waals surface area contributed by atoms with E-state index in [9.17, 15) is 14.3 Å². The van der Waals surface area contributed by atoms with Crippen LogP contribution in [-0.4, -0.2) is 15.9 Å². The minimum Gasteiger partial charge on any atom is -0.457 e. The predicted molar refractivity (Wildman–Crippen MR) is 91.8 cm³/mol. The van der Waals surface area contributed by atoms with E-state index in [0.717, 1.165) is 5.56 Å². The van der Waals surface area contributed by atoms with Crippen molar-refractivity contribution in [2.24, 2.45) is 0 Å². The van der Waals surface area contributed by atoms with E-state index in [-0.39, 0.29) is 11.6 Å². The van der Waals surface area contributed by atoms with Crippen LogP contribution in [-0.2, 0) is 4.79 Å². The lowest BCUT2D eigenvalue weighted by Crippen LogP contribution is -2.09. The lowest BCUT2D eigenvalue weighted by Gasteiger charge is -2.09. The Morgan fingerprint density at radius 1 is 1.00 bits per heavy atom. The third-order valence-corrected chi connectivity index (χ3v) is 3.64. The van der Waals surface area contributed by atoms with Crippen molar-refractivity contribution in [3.05, 3.63) is 78.2 Å². The van der Waals surface area contributed by atoms with Gasteiger partial charge < -0.3 is 9.84 Å². The van der Waals surface area contributed by atoms with Crippen LogP contribution in [0.5, 0.6) is 11.5 Å². The van der Waals surface area contributed by atoms with Crippen LogP contribution in [0.25, 0.3) is 11.3 Å². The number of aliphatic hydroxyl groups is 1. The number of ketones is 1. The third-order valence-electron chi connectivity index (χ3n) is 3.64. The highest BCUT2D eigenvalue weighted by molar-refractivity contribution is 5.81. The van der Waals surface area contributed by atoms with Gasteiger partial charge in [-0.1, -0.05) is 6.07 Å². The van der Waals surface area contributed by atoms with Crippen LogP contribution in [0.2, 0.25) is 0 Å². The van der Waals surface area contributed by atoms with Gasteiger partial charge in [-0.05, 0) is 67.6 Å². The van der Waals surface area contributed by atoms with Gasteiger partial charge in [-0.25, -0.2) is 9.37 Å². The summed E-state index contributed by atoms with van der Waals surface area (Å²) < 4.78 is 18.5. The summed E-state index contributed by atoms with van der Waals surface area (Å²) in [7, 11) is 0. The average molecular weight is 337 g/mol. The Bertz CT molecular complexity index is 876. The highest BCUT2D eigenvalue weighted by atomic mass is 19.1. The molecule has 1 heterocycles. The molecule has 0 aliphatic carbocycles. The molecular formula is C20H16FNO3. The van der Waals surface area contributed by atoms with Crippen LogP contribution in [0, 0.1) is 5.82 Å². The summed E-state index contributed by atoms with van der Waals surface area (Å²) in [6.45, 7) is 1.32. The molecule has 3 aromatic rings. The zero-order chi connectivity index (χ0) is 17.8. The zero-order valence-corrected chi connectivity index (χ0v) is 13.5. The monoisotopic (exact) mass is 337 g/mol. The van der Waals surface area contributed by atoms with Gasteiger partial charge in [-0.3, -0.25) is 4.79 Å². The van der Waals surface area contributed by atoms with E-state index >= 15 is 0 Å². The molecule has 0 fully saturated rings. The number of benzene rings is 2. The summed E-state index contributed by atoms with van der Waals surface area (Å²) in [6, 6.07) is 18.1. The molecule has 0 amide bonds. The SMILES string of the molecule is CC(=O)[C@H](O)c1cccc(-c2ccc(Oc3ccc(F)cc3)cc2)n1. The first-order valence-corrected chi connectivity index (χ1v) is 7.72. The fourth-order valence-corrected chi connectivity index (χ4v) is 2.31. The summed E-state index contributed by atoms with van der Waals surface area (Å²) in [6.07, 6.45) is -1.22. The van der Waals surface area contributed by atoms with Gasteiger partial charge in [0.15, 0.2) is 11.9 Å². The fourth-order valence-electron chi connectivity index (χ4n) is 2.31. The van der Waals surface area contributed by atoms with Crippen LogP contribution in [0.15, 0.2) is 66.7 Å². The maximum Gasteiger partial charge on any atom is 0.164 e. The van der Waals surface area contributed by atoms with Crippen molar-refractivity contribution in [2.75, 3.05) is 0 Å². The highest BCUT2D eigenvalue weighted by Gasteiger charge is 2.14. The number of aromatic nitrogens is 1. The molecule has 0 spiro atoms. The number of pyridine rings is 1. The first-order chi connectivity index (χ1) is 12.0. The van der Waals surface area contributed by atoms with Gasteiger partial charge in [0.25, 0.3) is 0 Å². The Balaban J connectivity index is 1.79. The molecule has 1 atom stereocenters. The second kappa shape index (κ2) is 7.23. The largest absolute Gasteiger partial charge is 0.457 e. The number of halogens is 1. The van der Waals surface area contributed by atoms with Gasteiger partial charge in [-0.2, -0.15) is 0 Å². The average Bonchev–Trinajstić information content (AvgIpc) is 2.63. The maximum atomic E-state index is 12.9. The first kappa shape index (κ1) is 16.8. The maximum absolute atomic E-state index is 12.9. The fraction of sp³-hybridized carbons (Fsp3) is 0.100. The second-order valence-corrected chi connectivity index (χ2v) is 5.54. The number of carbonyl (C=O) groups is 1. The number of carbonyl (C=O) groups excluding carboxylic acids is 1. The van der Waals surface area contributed by atoms with Crippen LogP contribution in [0.4, 0.5) is 4.39 Å². The Morgan fingerprint density at radius 2 is 1.60 bits per heavy atom. The lowest BCUT2D eigenvalue weighted by molar-refractivity contribution is -0.125. The van der Waals surface area contributed by atoms with Gasteiger partial charge in [0, 0.05) is 5.56 Å². The van der Waals surface area contributed by atoms with Crippen molar-refractivity contribution < 1.29 is 19.0 Å². The van der Waals surface area contributed by atoms with Crippen LogP contribution in [0.3, 0.4) is 0 Å². The van der Waals surface area contributed by atoms with Crippen LogP contribution < -0.4 is 4.74 Å². The number of hydrogen-bond acceptors (Lipinski definition) is 4. The molecule has 126 valence electrons. The number of aliphatic hydroxyl groups excluding tert-OH is 1. The summed E-state index contributed by atoms with van der Waals surface area (Å²) >= 11 is 0. The number of rotatable bonds is 5. The van der Waals surface area contributed by atoms with Gasteiger partial charge >= 0.3 is 0 Å². The van der Waals surface area contributed by atoms with Crippen molar-refractivity contribution in [3.8, 4) is 22.8 Å². The summed E-state index contributed by atoms with van der Waals surface area (Å²) in [5.41, 5.74) is 1.78. The smallest absolute Gasteiger partial charge is 0.164 e. The van der Waals surface area contributed by atoms with Gasteiger partial charge in [0.1, 0.15) is 17.3 Å². The van der Waals surface area contributed by atoms with Crippen molar-refractivity contribution in [1.82, 2.24) is 4.98 Å². The first-order valence-electron chi connectivity index (χ1n) is 7.72. The zero-order valence-electron chi connectivity index (χ0n) is 13.5. The number of ether oxygens (including phenoxy) is 1. The van der Waals surface area contributed by atoms with Gasteiger partial charge in [0.2, 0.25) is 0 Å². The molecule has 5 heteroatoms. The molecule has 0 radical (unpaired) electrons. The minimum atomic E-state index is -1.22. The Labute approximate surface area is 144 Å². The molecule has 0 aliphatic rings. The standard InChI is InChI=1S/C20H16FNO3/c1-13(23)20(24)19-4-2-3-18(22-19)14-5-9-16(10-6-14)25-17-11-7-15(21)8-12-17/h2-12,20,24H,1H3/t20-/m0/s1. The van der Waals surface area contributed by atoms with Crippen LogP contribution >= 0.6 is 0 Å². The molecule has 1 N–H and O–H groups in total. The topological polar surface area (TPSA) is 59.4 Å². The van der Waals surface area contributed by atoms with E-state index in [0.29, 0.717) is 22.9 Å². The predicted octanol–water partition coefficient (Wildman–Crippen LogP) is 4.30. The van der Waals surface area contributed by atoms with Crippen molar-refractivity contribution in [3.63, 3.8) is 0 Å². The normalized spacial score (nSPS) is 11.8. The van der Waals surface area contributed by atoms with Gasteiger partial charge in [-0.15, -0.1) is 0 Å². The van der Waals surface area contributed by atoms with Crippen LogP contribution in [0.1, 0.15) is 18.7 Å². The molecule has 3 rings (SSSR count). The highest BCUT2D eigenvalue weighted by Crippen LogP contribution is 2.26. The van der Waals surface area contributed by atoms with E-state index in [2.05, 4.69) is 4.98 Å². The molecule has 0 saturated heterocycles. The summed E-state index contributed by atoms with van der Waals surface area (Å²) in [5, 5.41) is 9.84. The number of nitrogens with zero attached hydrogens (tertiary/aromatic N) is 1. The molecule has 1 aromatic heterocycles. The molecule has 25 heavy (non-hydrogen) atoms. The molecule has 0 bridgehead atoms. The van der Waals surface area contributed by atoms with E-state index < -0.39 is 6.10 Å². The van der Waals surface area contributed by atoms with E-state index in [1.807, 2.05) is 12.1 Å². The van der Waals surface area contributed by atoms with Crippen molar-refractivity contribution in [2.45, 2.75) is 13.0 Å². The van der Waals surface area contributed by atoms with E-state index in [4.69, 9.17) is 4.74 Å². The molecule has 0 aliphatic heterocycles. The molecule has 2 aromatic carbocycles. The number of hydrogen-bond donors (Lipinski definition) is 1. The molecule has 4 nitrogen and oxygen atoms in total. The van der Waals surface area contributed by atoms with Crippen molar-refractivity contribution in [1.29, 1.82) is 0 Å².